The largest absolute Gasteiger partial charge is 0.489 e. The van der Waals surface area contributed by atoms with Crippen molar-refractivity contribution in [2.45, 2.75) is 79.6 Å². The van der Waals surface area contributed by atoms with Crippen molar-refractivity contribution in [3.05, 3.63) is 76.9 Å². The predicted molar refractivity (Wildman–Crippen MR) is 156 cm³/mol. The first-order valence-electron chi connectivity index (χ1n) is 13.9. The van der Waals surface area contributed by atoms with Gasteiger partial charge >= 0.3 is 5.97 Å². The number of benzene rings is 2. The van der Waals surface area contributed by atoms with Crippen molar-refractivity contribution in [2.75, 3.05) is 18.0 Å². The van der Waals surface area contributed by atoms with Crippen LogP contribution in [-0.2, 0) is 16.1 Å². The summed E-state index contributed by atoms with van der Waals surface area (Å²) in [4.78, 5) is 19.8. The van der Waals surface area contributed by atoms with E-state index in [1.807, 2.05) is 65.0 Å². The van der Waals surface area contributed by atoms with E-state index in [1.165, 1.54) is 12.1 Å². The number of anilines is 1. The zero-order chi connectivity index (χ0) is 29.2. The molecule has 4 rings (SSSR count). The Morgan fingerprint density at radius 3 is 2.30 bits per heavy atom. The van der Waals surface area contributed by atoms with E-state index in [4.69, 9.17) is 14.5 Å². The fraction of sp³-hybridized carbons (Fsp3) is 0.455. The quantitative estimate of drug-likeness (QED) is 0.312. The average Bonchev–Trinajstić information content (AvgIpc) is 2.86. The Hall–Kier alpha value is -3.45. The van der Waals surface area contributed by atoms with Gasteiger partial charge in [0.25, 0.3) is 0 Å². The number of piperidine rings is 1. The highest BCUT2D eigenvalue weighted by Gasteiger charge is 2.36. The number of halogens is 1. The molecule has 0 bridgehead atoms. The van der Waals surface area contributed by atoms with Crippen LogP contribution in [0.1, 0.15) is 76.1 Å². The Bertz CT molecular complexity index is 1350. The van der Waals surface area contributed by atoms with E-state index in [-0.39, 0.29) is 17.8 Å². The van der Waals surface area contributed by atoms with Crippen LogP contribution in [-0.4, -0.2) is 34.8 Å². The SMILES string of the molecule is Cc1nc(C)c(C(OC(C)(C)C)C(=O)O)c(N2CCC(C)(C)CC2)c1-c1ccc(OCc2cccc(F)c2)cc1. The number of aryl methyl sites for hydroxylation is 2. The highest BCUT2D eigenvalue weighted by molar-refractivity contribution is 5.88. The smallest absolute Gasteiger partial charge is 0.337 e. The van der Waals surface area contributed by atoms with E-state index < -0.39 is 17.7 Å². The second-order valence-electron chi connectivity index (χ2n) is 12.5. The van der Waals surface area contributed by atoms with Crippen molar-refractivity contribution in [1.29, 1.82) is 0 Å². The Balaban J connectivity index is 1.78. The fourth-order valence-electron chi connectivity index (χ4n) is 5.27. The molecule has 7 heteroatoms. The van der Waals surface area contributed by atoms with Crippen molar-refractivity contribution < 1.29 is 23.8 Å². The highest BCUT2D eigenvalue weighted by atomic mass is 19.1. The number of rotatable bonds is 8. The summed E-state index contributed by atoms with van der Waals surface area (Å²) in [5, 5.41) is 10.3. The van der Waals surface area contributed by atoms with Crippen molar-refractivity contribution in [3.8, 4) is 16.9 Å². The summed E-state index contributed by atoms with van der Waals surface area (Å²) in [6.45, 7) is 15.9. The summed E-state index contributed by atoms with van der Waals surface area (Å²) < 4.78 is 25.6. The van der Waals surface area contributed by atoms with E-state index in [0.29, 0.717) is 17.0 Å². The number of hydrogen-bond donors (Lipinski definition) is 1. The van der Waals surface area contributed by atoms with Crippen LogP contribution in [0, 0.1) is 25.1 Å². The number of hydrogen-bond acceptors (Lipinski definition) is 5. The summed E-state index contributed by atoms with van der Waals surface area (Å²) >= 11 is 0. The van der Waals surface area contributed by atoms with Gasteiger partial charge in [0, 0.05) is 35.6 Å². The van der Waals surface area contributed by atoms with Gasteiger partial charge in [-0.2, -0.15) is 0 Å². The van der Waals surface area contributed by atoms with E-state index in [0.717, 1.165) is 54.0 Å². The molecule has 3 aromatic rings. The molecule has 1 N–H and O–H groups in total. The third-order valence-corrected chi connectivity index (χ3v) is 7.41. The van der Waals surface area contributed by atoms with Crippen molar-refractivity contribution in [3.63, 3.8) is 0 Å². The summed E-state index contributed by atoms with van der Waals surface area (Å²) in [5.74, 6) is -0.667. The third-order valence-electron chi connectivity index (χ3n) is 7.41. The average molecular weight is 549 g/mol. The number of aliphatic carboxylic acids is 1. The molecule has 0 saturated carbocycles. The molecule has 1 fully saturated rings. The third kappa shape index (κ3) is 7.00. The monoisotopic (exact) mass is 548 g/mol. The first-order chi connectivity index (χ1) is 18.7. The molecular formula is C33H41FN2O4. The lowest BCUT2D eigenvalue weighted by Gasteiger charge is -2.41. The minimum absolute atomic E-state index is 0.225. The van der Waals surface area contributed by atoms with Crippen LogP contribution >= 0.6 is 0 Å². The maximum atomic E-state index is 13.6. The lowest BCUT2D eigenvalue weighted by atomic mass is 9.82. The molecule has 1 aliphatic rings. The molecule has 0 amide bonds. The molecule has 0 aliphatic carbocycles. The molecule has 1 atom stereocenters. The van der Waals surface area contributed by atoms with Gasteiger partial charge < -0.3 is 19.5 Å². The van der Waals surface area contributed by atoms with Crippen LogP contribution in [0.2, 0.25) is 0 Å². The van der Waals surface area contributed by atoms with E-state index >= 15 is 0 Å². The second kappa shape index (κ2) is 11.6. The summed E-state index contributed by atoms with van der Waals surface area (Å²) in [7, 11) is 0. The van der Waals surface area contributed by atoms with Gasteiger partial charge in [0.15, 0.2) is 6.10 Å². The van der Waals surface area contributed by atoms with Crippen LogP contribution in [0.5, 0.6) is 5.75 Å². The number of ether oxygens (including phenoxy) is 2. The zero-order valence-corrected chi connectivity index (χ0v) is 24.7. The van der Waals surface area contributed by atoms with Crippen molar-refractivity contribution in [2.24, 2.45) is 5.41 Å². The number of nitrogens with zero attached hydrogens (tertiary/aromatic N) is 2. The van der Waals surface area contributed by atoms with Gasteiger partial charge in [-0.3, -0.25) is 4.98 Å². The van der Waals surface area contributed by atoms with Crippen LogP contribution in [0.4, 0.5) is 10.1 Å². The van der Waals surface area contributed by atoms with Gasteiger partial charge in [-0.05, 0) is 88.3 Å². The minimum Gasteiger partial charge on any atom is -0.489 e. The standard InChI is InChI=1S/C33H41FN2O4/c1-21-27(24-11-13-26(14-12-24)39-20-23-9-8-10-25(34)19-23)29(36-17-15-33(6,7)16-18-36)28(22(2)35-21)30(31(37)38)40-32(3,4)5/h8-14,19,30H,15-18,20H2,1-7H3,(H,37,38). The second-order valence-corrected chi connectivity index (χ2v) is 12.5. The molecule has 214 valence electrons. The van der Waals surface area contributed by atoms with Crippen LogP contribution in [0.25, 0.3) is 11.1 Å². The highest BCUT2D eigenvalue weighted by Crippen LogP contribution is 2.45. The Morgan fingerprint density at radius 2 is 1.73 bits per heavy atom. The fourth-order valence-corrected chi connectivity index (χ4v) is 5.27. The first-order valence-corrected chi connectivity index (χ1v) is 13.9. The van der Waals surface area contributed by atoms with Gasteiger partial charge in [0.05, 0.1) is 11.3 Å². The Kier molecular flexibility index (Phi) is 8.55. The molecule has 2 aromatic carbocycles. The van der Waals surface area contributed by atoms with Gasteiger partial charge in [-0.1, -0.05) is 38.1 Å². The van der Waals surface area contributed by atoms with E-state index in [2.05, 4.69) is 18.7 Å². The maximum absolute atomic E-state index is 13.6. The summed E-state index contributed by atoms with van der Waals surface area (Å²) in [6, 6.07) is 14.1. The molecular weight excluding hydrogens is 507 g/mol. The van der Waals surface area contributed by atoms with Gasteiger partial charge in [-0.25, -0.2) is 9.18 Å². The number of aromatic nitrogens is 1. The first kappa shape index (κ1) is 29.5. The Morgan fingerprint density at radius 1 is 1.07 bits per heavy atom. The Labute approximate surface area is 237 Å². The molecule has 0 radical (unpaired) electrons. The molecule has 6 nitrogen and oxygen atoms in total. The maximum Gasteiger partial charge on any atom is 0.337 e. The van der Waals surface area contributed by atoms with Gasteiger partial charge in [0.1, 0.15) is 18.2 Å². The molecule has 1 saturated heterocycles. The van der Waals surface area contributed by atoms with Crippen LogP contribution in [0.15, 0.2) is 48.5 Å². The predicted octanol–water partition coefficient (Wildman–Crippen LogP) is 7.65. The lowest BCUT2D eigenvalue weighted by Crippen LogP contribution is -2.39. The molecule has 1 unspecified atom stereocenters. The molecule has 1 aliphatic heterocycles. The molecule has 2 heterocycles. The normalized spacial score (nSPS) is 16.1. The van der Waals surface area contributed by atoms with E-state index in [1.54, 1.807) is 6.07 Å². The van der Waals surface area contributed by atoms with Crippen molar-refractivity contribution in [1.82, 2.24) is 4.98 Å². The molecule has 0 spiro atoms. The van der Waals surface area contributed by atoms with Crippen molar-refractivity contribution >= 4 is 11.7 Å². The summed E-state index contributed by atoms with van der Waals surface area (Å²) in [6.07, 6.45) is 0.833. The zero-order valence-electron chi connectivity index (χ0n) is 24.7. The van der Waals surface area contributed by atoms with Gasteiger partial charge in [-0.15, -0.1) is 0 Å². The summed E-state index contributed by atoms with van der Waals surface area (Å²) in [5.41, 5.74) is 5.11. The van der Waals surface area contributed by atoms with Crippen LogP contribution < -0.4 is 9.64 Å². The molecule has 1 aromatic heterocycles. The van der Waals surface area contributed by atoms with Gasteiger partial charge in [0.2, 0.25) is 0 Å². The number of carboxylic acids is 1. The number of carboxylic acid groups (broad SMARTS) is 1. The minimum atomic E-state index is -1.16. The van der Waals surface area contributed by atoms with E-state index in [9.17, 15) is 14.3 Å². The number of pyridine rings is 1. The van der Waals surface area contributed by atoms with Crippen LogP contribution in [0.3, 0.4) is 0 Å². The topological polar surface area (TPSA) is 71.9 Å². The number of carbonyl (C=O) groups is 1. The lowest BCUT2D eigenvalue weighted by molar-refractivity contribution is -0.160. The molecule has 40 heavy (non-hydrogen) atoms.